The highest BCUT2D eigenvalue weighted by Gasteiger charge is 2.21. The van der Waals surface area contributed by atoms with Crippen molar-refractivity contribution in [2.75, 3.05) is 0 Å². The molecule has 1 aliphatic rings. The predicted octanol–water partition coefficient (Wildman–Crippen LogP) is 2.61. The van der Waals surface area contributed by atoms with Crippen LogP contribution >= 0.6 is 0 Å². The molecule has 4 heteroatoms. The Bertz CT molecular complexity index is 472. The topological polar surface area (TPSA) is 64.4 Å². The second-order valence-corrected chi connectivity index (χ2v) is 5.91. The SMILES string of the molecule is CCC(C)C(N)C(=O)NCc1ccccc1OC1CCC1. The van der Waals surface area contributed by atoms with E-state index in [1.54, 1.807) is 0 Å². The number of ether oxygens (including phenoxy) is 1. The van der Waals surface area contributed by atoms with E-state index < -0.39 is 6.04 Å². The van der Waals surface area contributed by atoms with Crippen LogP contribution in [0, 0.1) is 5.92 Å². The molecule has 1 aromatic carbocycles. The average Bonchev–Trinajstić information content (AvgIpc) is 2.47. The summed E-state index contributed by atoms with van der Waals surface area (Å²) in [5, 5.41) is 2.92. The molecule has 2 rings (SSSR count). The normalized spacial score (nSPS) is 17.7. The van der Waals surface area contributed by atoms with Gasteiger partial charge in [-0.15, -0.1) is 0 Å². The van der Waals surface area contributed by atoms with Crippen LogP contribution in [0.25, 0.3) is 0 Å². The van der Waals surface area contributed by atoms with E-state index in [1.165, 1.54) is 6.42 Å². The Hall–Kier alpha value is -1.55. The number of para-hydroxylation sites is 1. The number of rotatable bonds is 7. The van der Waals surface area contributed by atoms with Gasteiger partial charge in [-0.1, -0.05) is 38.5 Å². The van der Waals surface area contributed by atoms with Crippen molar-refractivity contribution in [2.24, 2.45) is 11.7 Å². The van der Waals surface area contributed by atoms with Gasteiger partial charge >= 0.3 is 0 Å². The average molecular weight is 290 g/mol. The highest BCUT2D eigenvalue weighted by molar-refractivity contribution is 5.81. The molecule has 1 aromatic rings. The van der Waals surface area contributed by atoms with E-state index in [0.717, 1.165) is 30.6 Å². The lowest BCUT2D eigenvalue weighted by atomic mass is 9.96. The summed E-state index contributed by atoms with van der Waals surface area (Å²) in [5.74, 6) is 0.967. The monoisotopic (exact) mass is 290 g/mol. The van der Waals surface area contributed by atoms with Gasteiger partial charge in [0.15, 0.2) is 0 Å². The number of nitrogens with one attached hydrogen (secondary N) is 1. The number of hydrogen-bond acceptors (Lipinski definition) is 3. The molecule has 4 nitrogen and oxygen atoms in total. The third kappa shape index (κ3) is 4.21. The van der Waals surface area contributed by atoms with Gasteiger partial charge in [0.1, 0.15) is 5.75 Å². The maximum Gasteiger partial charge on any atom is 0.237 e. The van der Waals surface area contributed by atoms with Gasteiger partial charge in [-0.2, -0.15) is 0 Å². The molecule has 1 saturated carbocycles. The number of benzene rings is 1. The fraction of sp³-hybridized carbons (Fsp3) is 0.588. The lowest BCUT2D eigenvalue weighted by Crippen LogP contribution is -2.44. The molecule has 1 aliphatic carbocycles. The summed E-state index contributed by atoms with van der Waals surface area (Å²) in [6, 6.07) is 7.43. The summed E-state index contributed by atoms with van der Waals surface area (Å²) >= 11 is 0. The summed E-state index contributed by atoms with van der Waals surface area (Å²) in [7, 11) is 0. The first-order valence-corrected chi connectivity index (χ1v) is 7.89. The second-order valence-electron chi connectivity index (χ2n) is 5.91. The highest BCUT2D eigenvalue weighted by Crippen LogP contribution is 2.27. The highest BCUT2D eigenvalue weighted by atomic mass is 16.5. The van der Waals surface area contributed by atoms with Gasteiger partial charge < -0.3 is 15.8 Å². The van der Waals surface area contributed by atoms with E-state index in [0.29, 0.717) is 12.6 Å². The van der Waals surface area contributed by atoms with E-state index in [1.807, 2.05) is 38.1 Å². The van der Waals surface area contributed by atoms with Crippen LogP contribution in [0.4, 0.5) is 0 Å². The third-order valence-corrected chi connectivity index (χ3v) is 4.33. The lowest BCUT2D eigenvalue weighted by molar-refractivity contribution is -0.123. The van der Waals surface area contributed by atoms with Gasteiger partial charge in [-0.3, -0.25) is 4.79 Å². The van der Waals surface area contributed by atoms with Crippen LogP contribution in [-0.2, 0) is 11.3 Å². The standard InChI is InChI=1S/C17H26N2O2/c1-3-12(2)16(18)17(20)19-11-13-7-4-5-10-15(13)21-14-8-6-9-14/h4-5,7,10,12,14,16H,3,6,8-9,11,18H2,1-2H3,(H,19,20). The number of nitrogens with two attached hydrogens (primary N) is 1. The molecule has 0 radical (unpaired) electrons. The minimum Gasteiger partial charge on any atom is -0.490 e. The first-order chi connectivity index (χ1) is 10.1. The van der Waals surface area contributed by atoms with Crippen LogP contribution in [0.15, 0.2) is 24.3 Å². The molecule has 21 heavy (non-hydrogen) atoms. The van der Waals surface area contributed by atoms with E-state index in [-0.39, 0.29) is 11.8 Å². The predicted molar refractivity (Wildman–Crippen MR) is 84.0 cm³/mol. The van der Waals surface area contributed by atoms with Gasteiger partial charge in [-0.05, 0) is 31.2 Å². The number of amides is 1. The van der Waals surface area contributed by atoms with E-state index >= 15 is 0 Å². The molecule has 1 fully saturated rings. The largest absolute Gasteiger partial charge is 0.490 e. The molecule has 0 saturated heterocycles. The minimum atomic E-state index is -0.449. The lowest BCUT2D eigenvalue weighted by Gasteiger charge is -2.27. The molecular weight excluding hydrogens is 264 g/mol. The molecule has 1 amide bonds. The molecule has 0 bridgehead atoms. The molecule has 0 heterocycles. The summed E-state index contributed by atoms with van der Waals surface area (Å²) in [6.07, 6.45) is 4.73. The number of carbonyl (C=O) groups is 1. The van der Waals surface area contributed by atoms with Crippen molar-refractivity contribution in [1.29, 1.82) is 0 Å². The van der Waals surface area contributed by atoms with Gasteiger partial charge in [0.2, 0.25) is 5.91 Å². The van der Waals surface area contributed by atoms with Crippen LogP contribution in [-0.4, -0.2) is 18.1 Å². The molecule has 2 atom stereocenters. The Kier molecular flexibility index (Phi) is 5.62. The van der Waals surface area contributed by atoms with Crippen molar-refractivity contribution in [3.05, 3.63) is 29.8 Å². The quantitative estimate of drug-likeness (QED) is 0.811. The van der Waals surface area contributed by atoms with E-state index in [9.17, 15) is 4.79 Å². The fourth-order valence-electron chi connectivity index (χ4n) is 2.25. The molecule has 0 aromatic heterocycles. The number of carbonyl (C=O) groups excluding carboxylic acids is 1. The van der Waals surface area contributed by atoms with Crippen molar-refractivity contribution in [3.63, 3.8) is 0 Å². The molecule has 0 aliphatic heterocycles. The Morgan fingerprint density at radius 2 is 2.14 bits per heavy atom. The zero-order valence-electron chi connectivity index (χ0n) is 13.0. The number of hydrogen-bond donors (Lipinski definition) is 2. The molecular formula is C17H26N2O2. The van der Waals surface area contributed by atoms with Crippen LogP contribution in [0.2, 0.25) is 0 Å². The Morgan fingerprint density at radius 3 is 2.76 bits per heavy atom. The van der Waals surface area contributed by atoms with Gasteiger partial charge in [-0.25, -0.2) is 0 Å². The van der Waals surface area contributed by atoms with Crippen molar-refractivity contribution in [2.45, 2.75) is 58.2 Å². The molecule has 2 unspecified atom stereocenters. The first-order valence-electron chi connectivity index (χ1n) is 7.89. The maximum absolute atomic E-state index is 12.0. The Balaban J connectivity index is 1.91. The molecule has 3 N–H and O–H groups in total. The van der Waals surface area contributed by atoms with Crippen LogP contribution < -0.4 is 15.8 Å². The van der Waals surface area contributed by atoms with Gasteiger partial charge in [0.05, 0.1) is 12.1 Å². The Morgan fingerprint density at radius 1 is 1.43 bits per heavy atom. The van der Waals surface area contributed by atoms with E-state index in [2.05, 4.69) is 5.32 Å². The Labute approximate surface area is 127 Å². The fourth-order valence-corrected chi connectivity index (χ4v) is 2.25. The summed E-state index contributed by atoms with van der Waals surface area (Å²) in [5.41, 5.74) is 6.95. The summed E-state index contributed by atoms with van der Waals surface area (Å²) < 4.78 is 5.96. The van der Waals surface area contributed by atoms with Crippen molar-refractivity contribution >= 4 is 5.91 Å². The van der Waals surface area contributed by atoms with E-state index in [4.69, 9.17) is 10.5 Å². The molecule has 0 spiro atoms. The van der Waals surface area contributed by atoms with Crippen LogP contribution in [0.1, 0.15) is 45.1 Å². The second kappa shape index (κ2) is 7.46. The van der Waals surface area contributed by atoms with Crippen molar-refractivity contribution < 1.29 is 9.53 Å². The van der Waals surface area contributed by atoms with Gasteiger partial charge in [0.25, 0.3) is 0 Å². The zero-order valence-corrected chi connectivity index (χ0v) is 13.0. The summed E-state index contributed by atoms with van der Waals surface area (Å²) in [6.45, 7) is 4.50. The smallest absolute Gasteiger partial charge is 0.237 e. The first kappa shape index (κ1) is 15.8. The van der Waals surface area contributed by atoms with Crippen molar-refractivity contribution in [1.82, 2.24) is 5.32 Å². The van der Waals surface area contributed by atoms with Crippen LogP contribution in [0.3, 0.4) is 0 Å². The zero-order chi connectivity index (χ0) is 15.2. The van der Waals surface area contributed by atoms with Crippen LogP contribution in [0.5, 0.6) is 5.75 Å². The van der Waals surface area contributed by atoms with Crippen molar-refractivity contribution in [3.8, 4) is 5.75 Å². The van der Waals surface area contributed by atoms with Gasteiger partial charge in [0, 0.05) is 12.1 Å². The summed E-state index contributed by atoms with van der Waals surface area (Å²) in [4.78, 5) is 12.0. The molecule has 116 valence electrons. The third-order valence-electron chi connectivity index (χ3n) is 4.33. The maximum atomic E-state index is 12.0. The minimum absolute atomic E-state index is 0.0946.